The molecule has 0 fully saturated rings. The molecule has 2 aromatic carbocycles. The van der Waals surface area contributed by atoms with Crippen LogP contribution in [-0.4, -0.2) is 37.0 Å². The van der Waals surface area contributed by atoms with Crippen LogP contribution in [0.2, 0.25) is 0 Å². The largest absolute Gasteiger partial charge is 0.493 e. The second kappa shape index (κ2) is 8.85. The van der Waals surface area contributed by atoms with E-state index < -0.39 is 16.5 Å². The van der Waals surface area contributed by atoms with Gasteiger partial charge in [-0.3, -0.25) is 19.7 Å². The first-order valence-electron chi connectivity index (χ1n) is 8.39. The zero-order valence-electron chi connectivity index (χ0n) is 15.9. The molecular weight excluding hydrogens is 366 g/mol. The number of hydrogen-bond acceptors (Lipinski definition) is 6. The highest BCUT2D eigenvalue weighted by molar-refractivity contribution is 6.07. The van der Waals surface area contributed by atoms with Crippen LogP contribution in [0.1, 0.15) is 34.6 Å². The average molecular weight is 387 g/mol. The molecule has 0 radical (unpaired) electrons. The number of anilines is 1. The van der Waals surface area contributed by atoms with Gasteiger partial charge in [-0.05, 0) is 38.1 Å². The lowest BCUT2D eigenvalue weighted by atomic mass is 10.1. The predicted octanol–water partition coefficient (Wildman–Crippen LogP) is 3.00. The zero-order valence-corrected chi connectivity index (χ0v) is 15.9. The van der Waals surface area contributed by atoms with Crippen LogP contribution in [-0.2, 0) is 0 Å². The molecule has 0 aromatic heterocycles. The minimum Gasteiger partial charge on any atom is -0.493 e. The van der Waals surface area contributed by atoms with Gasteiger partial charge in [0.05, 0.1) is 25.2 Å². The topological polar surface area (TPSA) is 120 Å². The van der Waals surface area contributed by atoms with Crippen LogP contribution in [0.25, 0.3) is 0 Å². The Balaban J connectivity index is 2.27. The van der Waals surface area contributed by atoms with Crippen LogP contribution in [0, 0.1) is 10.1 Å². The highest BCUT2D eigenvalue weighted by atomic mass is 16.6. The normalized spacial score (nSPS) is 10.3. The summed E-state index contributed by atoms with van der Waals surface area (Å²) >= 11 is 0. The number of hydrogen-bond donors (Lipinski definition) is 2. The van der Waals surface area contributed by atoms with Crippen LogP contribution in [0.3, 0.4) is 0 Å². The predicted molar refractivity (Wildman–Crippen MR) is 103 cm³/mol. The summed E-state index contributed by atoms with van der Waals surface area (Å²) in [7, 11) is 2.71. The summed E-state index contributed by atoms with van der Waals surface area (Å²) in [6, 6.07) is 8.56. The van der Waals surface area contributed by atoms with Crippen LogP contribution in [0.15, 0.2) is 36.4 Å². The average Bonchev–Trinajstić information content (AvgIpc) is 2.66. The summed E-state index contributed by atoms with van der Waals surface area (Å²) < 4.78 is 10.2. The fraction of sp³-hybridized carbons (Fsp3) is 0.263. The molecule has 0 heterocycles. The first-order chi connectivity index (χ1) is 13.3. The van der Waals surface area contributed by atoms with Crippen LogP contribution >= 0.6 is 0 Å². The molecule has 28 heavy (non-hydrogen) atoms. The van der Waals surface area contributed by atoms with Gasteiger partial charge in [-0.1, -0.05) is 0 Å². The van der Waals surface area contributed by atoms with Gasteiger partial charge in [0, 0.05) is 23.4 Å². The van der Waals surface area contributed by atoms with E-state index in [4.69, 9.17) is 9.47 Å². The van der Waals surface area contributed by atoms with Gasteiger partial charge >= 0.3 is 0 Å². The smallest absolute Gasteiger partial charge is 0.286 e. The van der Waals surface area contributed by atoms with Crippen molar-refractivity contribution in [3.05, 3.63) is 57.6 Å². The van der Waals surface area contributed by atoms with E-state index in [1.165, 1.54) is 20.3 Å². The van der Waals surface area contributed by atoms with Crippen molar-refractivity contribution in [3.63, 3.8) is 0 Å². The molecule has 0 aliphatic rings. The summed E-state index contributed by atoms with van der Waals surface area (Å²) in [5.74, 6) is -0.583. The second-order valence-electron chi connectivity index (χ2n) is 6.14. The van der Waals surface area contributed by atoms with Crippen molar-refractivity contribution >= 4 is 23.2 Å². The summed E-state index contributed by atoms with van der Waals surface area (Å²) in [6.07, 6.45) is 0. The molecule has 0 aliphatic carbocycles. The van der Waals surface area contributed by atoms with E-state index in [9.17, 15) is 19.7 Å². The molecule has 0 saturated heterocycles. The fourth-order valence-electron chi connectivity index (χ4n) is 2.45. The van der Waals surface area contributed by atoms with Gasteiger partial charge in [0.2, 0.25) is 0 Å². The Bertz CT molecular complexity index is 893. The molecule has 9 heteroatoms. The molecule has 9 nitrogen and oxygen atoms in total. The van der Waals surface area contributed by atoms with Gasteiger partial charge in [-0.25, -0.2) is 0 Å². The van der Waals surface area contributed by atoms with E-state index in [-0.39, 0.29) is 29.0 Å². The van der Waals surface area contributed by atoms with Crippen molar-refractivity contribution in [2.24, 2.45) is 0 Å². The minimum absolute atomic E-state index is 0.00233. The van der Waals surface area contributed by atoms with E-state index in [0.29, 0.717) is 11.3 Å². The van der Waals surface area contributed by atoms with Crippen molar-refractivity contribution in [1.82, 2.24) is 5.32 Å². The fourth-order valence-corrected chi connectivity index (χ4v) is 2.45. The molecule has 0 spiro atoms. The third-order valence-corrected chi connectivity index (χ3v) is 3.77. The summed E-state index contributed by atoms with van der Waals surface area (Å²) in [4.78, 5) is 35.2. The van der Waals surface area contributed by atoms with Gasteiger partial charge in [0.15, 0.2) is 11.5 Å². The molecular formula is C19H21N3O6. The first-order valence-corrected chi connectivity index (χ1v) is 8.39. The number of nitro benzene ring substituents is 1. The molecule has 0 saturated carbocycles. The van der Waals surface area contributed by atoms with Crippen molar-refractivity contribution < 1.29 is 24.0 Å². The Labute approximate surface area is 161 Å². The van der Waals surface area contributed by atoms with E-state index in [1.807, 2.05) is 13.8 Å². The van der Waals surface area contributed by atoms with Crippen molar-refractivity contribution in [1.29, 1.82) is 0 Å². The zero-order chi connectivity index (χ0) is 20.8. The third kappa shape index (κ3) is 4.76. The number of methoxy groups -OCH3 is 2. The lowest BCUT2D eigenvalue weighted by molar-refractivity contribution is -0.385. The Morgan fingerprint density at radius 3 is 2.07 bits per heavy atom. The Morgan fingerprint density at radius 1 is 1.00 bits per heavy atom. The standard InChI is InChI=1S/C19H21N3O6/c1-11(2)20-18(23)12-5-7-13(8-6-12)21-19(24)14-9-16(27-3)17(28-4)10-15(14)22(25)26/h5-11H,1-4H3,(H,20,23)(H,21,24). The molecule has 0 aliphatic heterocycles. The quantitative estimate of drug-likeness (QED) is 0.557. The molecule has 0 unspecified atom stereocenters. The van der Waals surface area contributed by atoms with Gasteiger partial charge in [0.25, 0.3) is 17.5 Å². The highest BCUT2D eigenvalue weighted by Crippen LogP contribution is 2.34. The molecule has 0 bridgehead atoms. The maximum Gasteiger partial charge on any atom is 0.286 e. The third-order valence-electron chi connectivity index (χ3n) is 3.77. The summed E-state index contributed by atoms with van der Waals surface area (Å²) in [6.45, 7) is 3.70. The number of nitro groups is 1. The van der Waals surface area contributed by atoms with Crippen molar-refractivity contribution in [2.75, 3.05) is 19.5 Å². The number of ether oxygens (including phenoxy) is 2. The number of nitrogens with one attached hydrogen (secondary N) is 2. The molecule has 148 valence electrons. The summed E-state index contributed by atoms with van der Waals surface area (Å²) in [5, 5.41) is 16.7. The maximum atomic E-state index is 12.6. The first kappa shape index (κ1) is 20.7. The Kier molecular flexibility index (Phi) is 6.54. The SMILES string of the molecule is COc1cc(C(=O)Nc2ccc(C(=O)NC(C)C)cc2)c([N+](=O)[O-])cc1OC. The molecule has 2 N–H and O–H groups in total. The number of rotatable bonds is 7. The lowest BCUT2D eigenvalue weighted by Crippen LogP contribution is -2.30. The molecule has 0 atom stereocenters. The Hall–Kier alpha value is -3.62. The number of amides is 2. The number of carbonyl (C=O) groups is 2. The summed E-state index contributed by atoms with van der Waals surface area (Å²) in [5.41, 5.74) is 0.228. The van der Waals surface area contributed by atoms with Gasteiger partial charge in [-0.2, -0.15) is 0 Å². The van der Waals surface area contributed by atoms with Crippen molar-refractivity contribution in [2.45, 2.75) is 19.9 Å². The van der Waals surface area contributed by atoms with Gasteiger partial charge < -0.3 is 20.1 Å². The monoisotopic (exact) mass is 387 g/mol. The van der Waals surface area contributed by atoms with Gasteiger partial charge in [-0.15, -0.1) is 0 Å². The highest BCUT2D eigenvalue weighted by Gasteiger charge is 2.24. The Morgan fingerprint density at radius 2 is 1.57 bits per heavy atom. The number of benzene rings is 2. The van der Waals surface area contributed by atoms with Gasteiger partial charge in [0.1, 0.15) is 5.56 Å². The van der Waals surface area contributed by atoms with E-state index in [0.717, 1.165) is 6.07 Å². The van der Waals surface area contributed by atoms with Crippen molar-refractivity contribution in [3.8, 4) is 11.5 Å². The molecule has 2 aromatic rings. The van der Waals surface area contributed by atoms with Crippen LogP contribution in [0.5, 0.6) is 11.5 Å². The minimum atomic E-state index is -0.688. The van der Waals surface area contributed by atoms with E-state index in [2.05, 4.69) is 10.6 Å². The van der Waals surface area contributed by atoms with Crippen LogP contribution in [0.4, 0.5) is 11.4 Å². The second-order valence-corrected chi connectivity index (χ2v) is 6.14. The number of nitrogens with zero attached hydrogens (tertiary/aromatic N) is 1. The molecule has 2 amide bonds. The molecule has 2 rings (SSSR count). The van der Waals surface area contributed by atoms with E-state index >= 15 is 0 Å². The maximum absolute atomic E-state index is 12.6. The lowest BCUT2D eigenvalue weighted by Gasteiger charge is -2.11. The van der Waals surface area contributed by atoms with E-state index in [1.54, 1.807) is 24.3 Å². The van der Waals surface area contributed by atoms with Crippen LogP contribution < -0.4 is 20.1 Å². The number of carbonyl (C=O) groups excluding carboxylic acids is 2.